The Labute approximate surface area is 138 Å². The van der Waals surface area contributed by atoms with Gasteiger partial charge in [-0.2, -0.15) is 0 Å². The average Bonchev–Trinajstić information content (AvgIpc) is 2.49. The molecule has 0 bridgehead atoms. The van der Waals surface area contributed by atoms with Crippen molar-refractivity contribution in [2.24, 2.45) is 0 Å². The van der Waals surface area contributed by atoms with Gasteiger partial charge in [-0.25, -0.2) is 9.59 Å². The molecule has 0 saturated carbocycles. The number of carbonyl (C=O) groups is 2. The standard InChI is InChI=1S/C15H20N2O7/c1-15(2,3)24-14(20)16-11(12(18)13(19)23-4)9-7-5-6-8-10(9)17(21)22/h5-8,11-12,18H,1-4H3,(H,16,20)/t11-,12-/m0/s1. The Hall–Kier alpha value is -2.68. The van der Waals surface area contributed by atoms with Gasteiger partial charge in [0.25, 0.3) is 5.69 Å². The average molecular weight is 340 g/mol. The second kappa shape index (κ2) is 7.73. The van der Waals surface area contributed by atoms with E-state index in [4.69, 9.17) is 4.74 Å². The van der Waals surface area contributed by atoms with E-state index in [0.717, 1.165) is 7.11 Å². The third-order valence-corrected chi connectivity index (χ3v) is 2.90. The van der Waals surface area contributed by atoms with Crippen molar-refractivity contribution in [1.82, 2.24) is 5.32 Å². The van der Waals surface area contributed by atoms with Gasteiger partial charge in [-0.15, -0.1) is 0 Å². The fraction of sp³-hybridized carbons (Fsp3) is 0.467. The summed E-state index contributed by atoms with van der Waals surface area (Å²) < 4.78 is 9.52. The summed E-state index contributed by atoms with van der Waals surface area (Å²) in [6, 6.07) is 4.02. The number of hydrogen-bond donors (Lipinski definition) is 2. The summed E-state index contributed by atoms with van der Waals surface area (Å²) in [7, 11) is 1.05. The van der Waals surface area contributed by atoms with Crippen LogP contribution in [0.1, 0.15) is 32.4 Å². The molecule has 0 aliphatic heterocycles. The highest BCUT2D eigenvalue weighted by molar-refractivity contribution is 5.78. The van der Waals surface area contributed by atoms with E-state index in [0.29, 0.717) is 0 Å². The number of ether oxygens (including phenoxy) is 2. The Morgan fingerprint density at radius 1 is 1.29 bits per heavy atom. The molecular weight excluding hydrogens is 320 g/mol. The molecule has 0 aliphatic rings. The van der Waals surface area contributed by atoms with Crippen molar-refractivity contribution in [3.8, 4) is 0 Å². The van der Waals surface area contributed by atoms with Gasteiger partial charge >= 0.3 is 12.1 Å². The number of aliphatic hydroxyl groups excluding tert-OH is 1. The van der Waals surface area contributed by atoms with E-state index in [1.165, 1.54) is 24.3 Å². The number of esters is 1. The lowest BCUT2D eigenvalue weighted by molar-refractivity contribution is -0.385. The predicted octanol–water partition coefficient (Wildman–Crippen LogP) is 1.69. The number of methoxy groups -OCH3 is 1. The summed E-state index contributed by atoms with van der Waals surface area (Å²) in [4.78, 5) is 34.1. The molecule has 1 aromatic rings. The van der Waals surface area contributed by atoms with Crippen molar-refractivity contribution in [3.63, 3.8) is 0 Å². The lowest BCUT2D eigenvalue weighted by atomic mass is 9.99. The summed E-state index contributed by atoms with van der Waals surface area (Å²) in [5.74, 6) is -1.05. The molecule has 0 aromatic heterocycles. The summed E-state index contributed by atoms with van der Waals surface area (Å²) in [5, 5.41) is 23.6. The van der Waals surface area contributed by atoms with Crippen LogP contribution in [-0.4, -0.2) is 40.9 Å². The van der Waals surface area contributed by atoms with Gasteiger partial charge in [-0.3, -0.25) is 10.1 Å². The first kappa shape index (κ1) is 19.4. The maximum absolute atomic E-state index is 12.0. The van der Waals surface area contributed by atoms with Gasteiger partial charge in [0.1, 0.15) is 11.6 Å². The number of hydrogen-bond acceptors (Lipinski definition) is 7. The maximum Gasteiger partial charge on any atom is 0.408 e. The molecule has 0 heterocycles. The molecular formula is C15H20N2O7. The van der Waals surface area contributed by atoms with Crippen LogP contribution in [-0.2, 0) is 14.3 Å². The fourth-order valence-electron chi connectivity index (χ4n) is 1.93. The zero-order valence-electron chi connectivity index (χ0n) is 13.8. The van der Waals surface area contributed by atoms with Crippen molar-refractivity contribution in [3.05, 3.63) is 39.9 Å². The number of nitrogens with zero attached hydrogens (tertiary/aromatic N) is 1. The van der Waals surface area contributed by atoms with Crippen molar-refractivity contribution < 1.29 is 29.1 Å². The molecule has 9 heteroatoms. The molecule has 0 unspecified atom stereocenters. The van der Waals surface area contributed by atoms with Crippen LogP contribution in [0.4, 0.5) is 10.5 Å². The molecule has 0 spiro atoms. The SMILES string of the molecule is COC(=O)[C@@H](O)[C@@H](NC(=O)OC(C)(C)C)c1ccccc1[N+](=O)[O-]. The van der Waals surface area contributed by atoms with Crippen molar-refractivity contribution >= 4 is 17.7 Å². The third kappa shape index (κ3) is 5.20. The van der Waals surface area contributed by atoms with Gasteiger partial charge in [0, 0.05) is 6.07 Å². The minimum absolute atomic E-state index is 0.0498. The monoisotopic (exact) mass is 340 g/mol. The third-order valence-electron chi connectivity index (χ3n) is 2.90. The highest BCUT2D eigenvalue weighted by Crippen LogP contribution is 2.28. The minimum Gasteiger partial charge on any atom is -0.467 e. The van der Waals surface area contributed by atoms with Crippen LogP contribution < -0.4 is 5.32 Å². The molecule has 132 valence electrons. The zero-order valence-corrected chi connectivity index (χ0v) is 13.8. The highest BCUT2D eigenvalue weighted by Gasteiger charge is 2.35. The molecule has 1 rings (SSSR count). The zero-order chi connectivity index (χ0) is 18.5. The van der Waals surface area contributed by atoms with Crippen LogP contribution in [0.25, 0.3) is 0 Å². The molecule has 0 radical (unpaired) electrons. The van der Waals surface area contributed by atoms with E-state index in [9.17, 15) is 24.8 Å². The largest absolute Gasteiger partial charge is 0.467 e. The quantitative estimate of drug-likeness (QED) is 0.474. The second-order valence-corrected chi connectivity index (χ2v) is 5.91. The predicted molar refractivity (Wildman–Crippen MR) is 83.2 cm³/mol. The summed E-state index contributed by atoms with van der Waals surface area (Å²) in [5.41, 5.74) is -1.24. The molecule has 1 amide bonds. The lowest BCUT2D eigenvalue weighted by Gasteiger charge is -2.25. The van der Waals surface area contributed by atoms with Crippen LogP contribution >= 0.6 is 0 Å². The van der Waals surface area contributed by atoms with Crippen LogP contribution in [0.5, 0.6) is 0 Å². The highest BCUT2D eigenvalue weighted by atomic mass is 16.6. The van der Waals surface area contributed by atoms with Crippen molar-refractivity contribution in [2.75, 3.05) is 7.11 Å². The van der Waals surface area contributed by atoms with Crippen molar-refractivity contribution in [2.45, 2.75) is 38.5 Å². The molecule has 24 heavy (non-hydrogen) atoms. The Kier molecular flexibility index (Phi) is 6.24. The number of para-hydroxylation sites is 1. The summed E-state index contributed by atoms with van der Waals surface area (Å²) >= 11 is 0. The van der Waals surface area contributed by atoms with E-state index in [2.05, 4.69) is 10.1 Å². The minimum atomic E-state index is -1.84. The van der Waals surface area contributed by atoms with E-state index >= 15 is 0 Å². The van der Waals surface area contributed by atoms with Gasteiger partial charge < -0.3 is 19.9 Å². The van der Waals surface area contributed by atoms with Gasteiger partial charge in [-0.1, -0.05) is 12.1 Å². The van der Waals surface area contributed by atoms with Gasteiger partial charge in [0.2, 0.25) is 0 Å². The second-order valence-electron chi connectivity index (χ2n) is 5.91. The van der Waals surface area contributed by atoms with Crippen LogP contribution in [0.15, 0.2) is 24.3 Å². The number of amides is 1. The number of carbonyl (C=O) groups excluding carboxylic acids is 2. The summed E-state index contributed by atoms with van der Waals surface area (Å²) in [6.07, 6.45) is -2.78. The molecule has 2 N–H and O–H groups in total. The first-order valence-corrected chi connectivity index (χ1v) is 7.05. The van der Waals surface area contributed by atoms with Crippen LogP contribution in [0, 0.1) is 10.1 Å². The normalized spacial score (nSPS) is 13.5. The van der Waals surface area contributed by atoms with Gasteiger partial charge in [-0.05, 0) is 26.8 Å². The Morgan fingerprint density at radius 2 is 1.88 bits per heavy atom. The Morgan fingerprint density at radius 3 is 2.38 bits per heavy atom. The number of nitro benzene ring substituents is 1. The summed E-state index contributed by atoms with van der Waals surface area (Å²) in [6.45, 7) is 4.88. The van der Waals surface area contributed by atoms with E-state index < -0.39 is 34.7 Å². The number of nitro groups is 1. The van der Waals surface area contributed by atoms with Crippen LogP contribution in [0.3, 0.4) is 0 Å². The molecule has 1 aromatic carbocycles. The van der Waals surface area contributed by atoms with E-state index in [-0.39, 0.29) is 11.3 Å². The molecule has 9 nitrogen and oxygen atoms in total. The number of rotatable bonds is 5. The molecule has 0 saturated heterocycles. The van der Waals surface area contributed by atoms with E-state index in [1.54, 1.807) is 20.8 Å². The first-order valence-electron chi connectivity index (χ1n) is 7.05. The maximum atomic E-state index is 12.0. The number of nitrogens with one attached hydrogen (secondary N) is 1. The number of alkyl carbamates (subject to hydrolysis) is 1. The first-order chi connectivity index (χ1) is 11.1. The van der Waals surface area contributed by atoms with Crippen molar-refractivity contribution in [1.29, 1.82) is 0 Å². The smallest absolute Gasteiger partial charge is 0.408 e. The number of aliphatic hydroxyl groups is 1. The molecule has 0 aliphatic carbocycles. The lowest BCUT2D eigenvalue weighted by Crippen LogP contribution is -2.43. The Bertz CT molecular complexity index is 624. The van der Waals surface area contributed by atoms with E-state index in [1.807, 2.05) is 0 Å². The van der Waals surface area contributed by atoms with Crippen LogP contribution in [0.2, 0.25) is 0 Å². The topological polar surface area (TPSA) is 128 Å². The molecule has 2 atom stereocenters. The Balaban J connectivity index is 3.23. The molecule has 0 fully saturated rings. The fourth-order valence-corrected chi connectivity index (χ4v) is 1.93. The van der Waals surface area contributed by atoms with Gasteiger partial charge in [0.05, 0.1) is 17.6 Å². The van der Waals surface area contributed by atoms with Gasteiger partial charge in [0.15, 0.2) is 6.10 Å². The number of benzene rings is 1.